The third kappa shape index (κ3) is 3.12. The normalized spacial score (nSPS) is 12.9. The summed E-state index contributed by atoms with van der Waals surface area (Å²) in [5.74, 6) is 0.936. The molecule has 0 aliphatic carbocycles. The largest absolute Gasteiger partial charge is 0.469 e. The third-order valence-electron chi connectivity index (χ3n) is 2.56. The van der Waals surface area contributed by atoms with Crippen LogP contribution < -0.4 is 5.32 Å². The number of nitrogens with one attached hydrogen (secondary N) is 1. The molecule has 1 N–H and O–H groups in total. The Morgan fingerprint density at radius 3 is 2.82 bits per heavy atom. The highest BCUT2D eigenvalue weighted by Crippen LogP contribution is 2.31. The number of hydrogen-bond acceptors (Lipinski definition) is 3. The van der Waals surface area contributed by atoms with Gasteiger partial charge in [-0.25, -0.2) is 0 Å². The molecule has 1 unspecified atom stereocenters. The van der Waals surface area contributed by atoms with Gasteiger partial charge in [-0.3, -0.25) is 0 Å². The zero-order valence-corrected chi connectivity index (χ0v) is 11.6. The Balaban J connectivity index is 2.24. The second kappa shape index (κ2) is 5.71. The summed E-state index contributed by atoms with van der Waals surface area (Å²) in [6, 6.07) is 6.27. The third-order valence-corrected chi connectivity index (χ3v) is 3.86. The lowest BCUT2D eigenvalue weighted by Crippen LogP contribution is -2.21. The zero-order chi connectivity index (χ0) is 12.3. The van der Waals surface area contributed by atoms with E-state index in [-0.39, 0.29) is 6.04 Å². The van der Waals surface area contributed by atoms with Crippen molar-refractivity contribution in [3.8, 4) is 0 Å². The summed E-state index contributed by atoms with van der Waals surface area (Å²) in [7, 11) is 0. The molecule has 0 radical (unpaired) electrons. The van der Waals surface area contributed by atoms with Gasteiger partial charge in [0.15, 0.2) is 0 Å². The van der Waals surface area contributed by atoms with Crippen LogP contribution in [-0.4, -0.2) is 6.54 Å². The lowest BCUT2D eigenvalue weighted by atomic mass is 10.1. The molecule has 0 saturated heterocycles. The Bertz CT molecular complexity index is 437. The molecule has 0 saturated carbocycles. The molecule has 92 valence electrons. The Labute approximate surface area is 111 Å². The number of hydrogen-bond donors (Lipinski definition) is 1. The van der Waals surface area contributed by atoms with Gasteiger partial charge in [-0.15, -0.1) is 11.3 Å². The first-order valence-corrected chi connectivity index (χ1v) is 6.93. The van der Waals surface area contributed by atoms with Crippen molar-refractivity contribution >= 4 is 22.9 Å². The fourth-order valence-electron chi connectivity index (χ4n) is 1.77. The molecule has 1 atom stereocenters. The summed E-state index contributed by atoms with van der Waals surface area (Å²) in [4.78, 5) is 1.23. The number of rotatable bonds is 5. The highest BCUT2D eigenvalue weighted by molar-refractivity contribution is 7.16. The summed E-state index contributed by atoms with van der Waals surface area (Å²) < 4.78 is 6.21. The van der Waals surface area contributed by atoms with Crippen LogP contribution in [0.3, 0.4) is 0 Å². The van der Waals surface area contributed by atoms with Crippen molar-refractivity contribution < 1.29 is 4.42 Å². The first-order chi connectivity index (χ1) is 8.20. The van der Waals surface area contributed by atoms with Crippen LogP contribution in [-0.2, 0) is 0 Å². The number of thiophene rings is 1. The van der Waals surface area contributed by atoms with E-state index in [9.17, 15) is 0 Å². The molecule has 2 nitrogen and oxygen atoms in total. The molecule has 2 rings (SSSR count). The lowest BCUT2D eigenvalue weighted by molar-refractivity contribution is 0.524. The second-order valence-electron chi connectivity index (χ2n) is 4.02. The molecule has 0 fully saturated rings. The highest BCUT2D eigenvalue weighted by atomic mass is 35.5. The lowest BCUT2D eigenvalue weighted by Gasteiger charge is -2.15. The summed E-state index contributed by atoms with van der Waals surface area (Å²) >= 11 is 7.61. The second-order valence-corrected chi connectivity index (χ2v) is 5.77. The van der Waals surface area contributed by atoms with Gasteiger partial charge in [-0.2, -0.15) is 0 Å². The molecule has 2 heterocycles. The van der Waals surface area contributed by atoms with E-state index in [2.05, 4.69) is 24.4 Å². The number of aryl methyl sites for hydroxylation is 1. The minimum atomic E-state index is 0.185. The van der Waals surface area contributed by atoms with E-state index in [0.29, 0.717) is 0 Å². The average Bonchev–Trinajstić information content (AvgIpc) is 2.89. The summed E-state index contributed by atoms with van der Waals surface area (Å²) in [6.07, 6.45) is 2.92. The van der Waals surface area contributed by atoms with Crippen molar-refractivity contribution in [1.29, 1.82) is 0 Å². The van der Waals surface area contributed by atoms with Gasteiger partial charge in [0.2, 0.25) is 0 Å². The monoisotopic (exact) mass is 269 g/mol. The first kappa shape index (κ1) is 12.7. The standard InChI is InChI=1S/C13H16ClNOS/c1-3-6-15-13(10-7-9(2)16-8-10)11-4-5-12(14)17-11/h4-5,7-8,13,15H,3,6H2,1-2H3. The molecule has 0 bridgehead atoms. The van der Waals surface area contributed by atoms with Crippen LogP contribution in [0.4, 0.5) is 0 Å². The van der Waals surface area contributed by atoms with E-state index in [1.807, 2.05) is 19.3 Å². The minimum Gasteiger partial charge on any atom is -0.469 e. The van der Waals surface area contributed by atoms with Crippen LogP contribution in [0.2, 0.25) is 4.34 Å². The topological polar surface area (TPSA) is 25.2 Å². The van der Waals surface area contributed by atoms with Gasteiger partial charge >= 0.3 is 0 Å². The molecular weight excluding hydrogens is 254 g/mol. The number of halogens is 1. The fraction of sp³-hybridized carbons (Fsp3) is 0.385. The molecule has 2 aromatic heterocycles. The maximum atomic E-state index is 6.00. The Kier molecular flexibility index (Phi) is 4.26. The molecule has 2 aromatic rings. The van der Waals surface area contributed by atoms with Crippen molar-refractivity contribution in [2.24, 2.45) is 0 Å². The van der Waals surface area contributed by atoms with E-state index in [1.54, 1.807) is 11.3 Å². The summed E-state index contributed by atoms with van der Waals surface area (Å²) in [6.45, 7) is 5.10. The van der Waals surface area contributed by atoms with Crippen molar-refractivity contribution in [2.75, 3.05) is 6.54 Å². The van der Waals surface area contributed by atoms with Gasteiger partial charge < -0.3 is 9.73 Å². The predicted molar refractivity (Wildman–Crippen MR) is 72.9 cm³/mol. The Hall–Kier alpha value is -0.770. The molecule has 17 heavy (non-hydrogen) atoms. The number of furan rings is 1. The van der Waals surface area contributed by atoms with Gasteiger partial charge in [0.05, 0.1) is 16.6 Å². The van der Waals surface area contributed by atoms with Gasteiger partial charge in [-0.1, -0.05) is 18.5 Å². The maximum absolute atomic E-state index is 6.00. The van der Waals surface area contributed by atoms with Gasteiger partial charge in [0.1, 0.15) is 5.76 Å². The highest BCUT2D eigenvalue weighted by Gasteiger charge is 2.17. The Morgan fingerprint density at radius 2 is 2.29 bits per heavy atom. The van der Waals surface area contributed by atoms with E-state index < -0.39 is 0 Å². The average molecular weight is 270 g/mol. The van der Waals surface area contributed by atoms with E-state index in [1.165, 1.54) is 4.88 Å². The molecule has 0 aliphatic heterocycles. The van der Waals surface area contributed by atoms with Gasteiger partial charge in [0, 0.05) is 10.4 Å². The van der Waals surface area contributed by atoms with Crippen LogP contribution in [0, 0.1) is 6.92 Å². The molecule has 0 amide bonds. The van der Waals surface area contributed by atoms with Crippen LogP contribution in [0.1, 0.15) is 35.6 Å². The molecule has 0 aromatic carbocycles. The van der Waals surface area contributed by atoms with Crippen LogP contribution in [0.15, 0.2) is 28.9 Å². The Morgan fingerprint density at radius 1 is 1.47 bits per heavy atom. The molecule has 4 heteroatoms. The fourth-order valence-corrected chi connectivity index (χ4v) is 2.93. The molecule has 0 aliphatic rings. The molecule has 0 spiro atoms. The SMILES string of the molecule is CCCNC(c1coc(C)c1)c1ccc(Cl)s1. The van der Waals surface area contributed by atoms with E-state index >= 15 is 0 Å². The molecular formula is C13H16ClNOS. The van der Waals surface area contributed by atoms with Crippen molar-refractivity contribution in [1.82, 2.24) is 5.32 Å². The summed E-state index contributed by atoms with van der Waals surface area (Å²) in [5.41, 5.74) is 1.16. The van der Waals surface area contributed by atoms with E-state index in [0.717, 1.165) is 28.6 Å². The van der Waals surface area contributed by atoms with Crippen LogP contribution in [0.25, 0.3) is 0 Å². The predicted octanol–water partition coefficient (Wildman–Crippen LogP) is 4.39. The van der Waals surface area contributed by atoms with E-state index in [4.69, 9.17) is 16.0 Å². The minimum absolute atomic E-state index is 0.185. The van der Waals surface area contributed by atoms with Crippen LogP contribution in [0.5, 0.6) is 0 Å². The van der Waals surface area contributed by atoms with Gasteiger partial charge in [-0.05, 0) is 38.1 Å². The smallest absolute Gasteiger partial charge is 0.101 e. The zero-order valence-electron chi connectivity index (χ0n) is 10.00. The van der Waals surface area contributed by atoms with Crippen molar-refractivity contribution in [3.63, 3.8) is 0 Å². The van der Waals surface area contributed by atoms with Crippen LogP contribution >= 0.6 is 22.9 Å². The van der Waals surface area contributed by atoms with Crippen molar-refractivity contribution in [2.45, 2.75) is 26.3 Å². The summed E-state index contributed by atoms with van der Waals surface area (Å²) in [5, 5.41) is 3.52. The first-order valence-electron chi connectivity index (χ1n) is 5.74. The maximum Gasteiger partial charge on any atom is 0.101 e. The van der Waals surface area contributed by atoms with Crippen molar-refractivity contribution in [3.05, 3.63) is 45.0 Å². The van der Waals surface area contributed by atoms with Gasteiger partial charge in [0.25, 0.3) is 0 Å². The quantitative estimate of drug-likeness (QED) is 0.871.